The van der Waals surface area contributed by atoms with Crippen LogP contribution < -0.4 is 25.3 Å². The van der Waals surface area contributed by atoms with Crippen LogP contribution in [0.2, 0.25) is 0 Å². The van der Waals surface area contributed by atoms with Gasteiger partial charge < -0.3 is 25.3 Å². The van der Waals surface area contributed by atoms with Crippen molar-refractivity contribution < 1.29 is 19.0 Å². The van der Waals surface area contributed by atoms with Gasteiger partial charge in [-0.15, -0.1) is 11.3 Å². The number of hydrogen-bond donors (Lipinski definition) is 2. The monoisotopic (exact) mass is 370 g/mol. The van der Waals surface area contributed by atoms with Gasteiger partial charge >= 0.3 is 0 Å². The molecule has 1 atom stereocenters. The summed E-state index contributed by atoms with van der Waals surface area (Å²) in [5.41, 5.74) is 7.68. The molecule has 0 saturated carbocycles. The van der Waals surface area contributed by atoms with E-state index in [9.17, 15) is 4.79 Å². The fourth-order valence-corrected chi connectivity index (χ4v) is 3.81. The Morgan fingerprint density at radius 1 is 1.38 bits per heavy atom. The van der Waals surface area contributed by atoms with Crippen LogP contribution in [0.1, 0.15) is 27.6 Å². The maximum atomic E-state index is 12.7. The molecule has 0 saturated heterocycles. The summed E-state index contributed by atoms with van der Waals surface area (Å²) in [7, 11) is 1.52. The second-order valence-electron chi connectivity index (χ2n) is 5.96. The number of nitrogens with one attached hydrogen (secondary N) is 1. The first-order valence-electron chi connectivity index (χ1n) is 8.16. The van der Waals surface area contributed by atoms with Gasteiger partial charge in [0.05, 0.1) is 18.5 Å². The van der Waals surface area contributed by atoms with Crippen molar-refractivity contribution in [1.29, 1.82) is 0 Å². The largest absolute Gasteiger partial charge is 0.493 e. The highest BCUT2D eigenvalue weighted by atomic mass is 32.1. The summed E-state index contributed by atoms with van der Waals surface area (Å²) < 4.78 is 16.0. The zero-order valence-electron chi connectivity index (χ0n) is 14.2. The maximum Gasteiger partial charge on any atom is 0.255 e. The number of ether oxygens (including phenoxy) is 3. The standard InChI is InChI=1S/C19H18N2O4S/c1-23-15-8-12(9-16-18(15)25-10-24-16)19(22)21-14-7-11(4-5-13(14)20)17-3-2-6-26-17/h2-3,5-9,11H,4,10,20H2,1H3,(H,21,22). The molecule has 7 heteroatoms. The Hall–Kier alpha value is -2.93. The summed E-state index contributed by atoms with van der Waals surface area (Å²) in [6.45, 7) is 0.111. The van der Waals surface area contributed by atoms with Crippen molar-refractivity contribution in [2.24, 2.45) is 5.73 Å². The predicted octanol–water partition coefficient (Wildman–Crippen LogP) is 3.13. The van der Waals surface area contributed by atoms with Crippen LogP contribution in [0.15, 0.2) is 53.2 Å². The summed E-state index contributed by atoms with van der Waals surface area (Å²) >= 11 is 1.69. The zero-order chi connectivity index (χ0) is 18.1. The van der Waals surface area contributed by atoms with E-state index < -0.39 is 0 Å². The molecule has 0 spiro atoms. The average molecular weight is 370 g/mol. The first kappa shape index (κ1) is 16.5. The minimum atomic E-state index is -0.281. The Balaban J connectivity index is 1.58. The van der Waals surface area contributed by atoms with Crippen molar-refractivity contribution in [2.75, 3.05) is 13.9 Å². The number of nitrogens with two attached hydrogens (primary N) is 1. The smallest absolute Gasteiger partial charge is 0.255 e. The van der Waals surface area contributed by atoms with Gasteiger partial charge in [0.1, 0.15) is 0 Å². The summed E-state index contributed by atoms with van der Waals surface area (Å²) in [4.78, 5) is 14.0. The molecule has 1 aromatic carbocycles. The van der Waals surface area contributed by atoms with Gasteiger partial charge in [-0.25, -0.2) is 0 Å². The lowest BCUT2D eigenvalue weighted by Gasteiger charge is -2.20. The number of allylic oxidation sites excluding steroid dienone is 2. The molecule has 1 unspecified atom stereocenters. The number of carbonyl (C=O) groups is 1. The van der Waals surface area contributed by atoms with Crippen molar-refractivity contribution in [1.82, 2.24) is 5.32 Å². The van der Waals surface area contributed by atoms with Gasteiger partial charge in [-0.05, 0) is 30.0 Å². The lowest BCUT2D eigenvalue weighted by Crippen LogP contribution is -2.28. The molecule has 1 amide bonds. The molecule has 2 aromatic rings. The molecule has 26 heavy (non-hydrogen) atoms. The van der Waals surface area contributed by atoms with E-state index in [1.54, 1.807) is 23.5 Å². The highest BCUT2D eigenvalue weighted by Gasteiger charge is 2.24. The van der Waals surface area contributed by atoms with Crippen molar-refractivity contribution in [3.05, 3.63) is 63.6 Å². The number of amides is 1. The van der Waals surface area contributed by atoms with Crippen molar-refractivity contribution >= 4 is 17.2 Å². The number of carbonyl (C=O) groups excluding carboxylic acids is 1. The normalized spacial score (nSPS) is 18.1. The summed E-state index contributed by atoms with van der Waals surface area (Å²) in [5.74, 6) is 1.40. The highest BCUT2D eigenvalue weighted by molar-refractivity contribution is 7.10. The van der Waals surface area contributed by atoms with E-state index >= 15 is 0 Å². The van der Waals surface area contributed by atoms with Gasteiger partial charge in [-0.2, -0.15) is 0 Å². The number of rotatable bonds is 4. The Bertz CT molecular complexity index is 903. The fraction of sp³-hybridized carbons (Fsp3) is 0.211. The van der Waals surface area contributed by atoms with Gasteiger partial charge in [-0.1, -0.05) is 18.2 Å². The van der Waals surface area contributed by atoms with E-state index in [1.165, 1.54) is 12.0 Å². The van der Waals surface area contributed by atoms with Crippen LogP contribution in [0, 0.1) is 0 Å². The number of fused-ring (bicyclic) bond motifs is 1. The molecule has 1 aliphatic heterocycles. The van der Waals surface area contributed by atoms with E-state index in [0.29, 0.717) is 34.2 Å². The van der Waals surface area contributed by atoms with Gasteiger partial charge in [-0.3, -0.25) is 4.79 Å². The van der Waals surface area contributed by atoms with Crippen molar-refractivity contribution in [3.8, 4) is 17.2 Å². The molecule has 6 nitrogen and oxygen atoms in total. The van der Waals surface area contributed by atoms with Crippen LogP contribution in [0.4, 0.5) is 0 Å². The predicted molar refractivity (Wildman–Crippen MR) is 98.6 cm³/mol. The summed E-state index contributed by atoms with van der Waals surface area (Å²) in [5, 5.41) is 4.94. The first-order chi connectivity index (χ1) is 12.7. The summed E-state index contributed by atoms with van der Waals surface area (Å²) in [6, 6.07) is 7.37. The van der Waals surface area contributed by atoms with E-state index in [1.807, 2.05) is 23.6 Å². The second-order valence-corrected chi connectivity index (χ2v) is 6.94. The van der Waals surface area contributed by atoms with E-state index in [-0.39, 0.29) is 18.6 Å². The third-order valence-electron chi connectivity index (χ3n) is 4.35. The molecule has 4 rings (SSSR count). The highest BCUT2D eigenvalue weighted by Crippen LogP contribution is 2.42. The topological polar surface area (TPSA) is 82.8 Å². The quantitative estimate of drug-likeness (QED) is 0.864. The number of thiophene rings is 1. The minimum absolute atomic E-state index is 0.111. The minimum Gasteiger partial charge on any atom is -0.493 e. The second kappa shape index (κ2) is 6.76. The van der Waals surface area contributed by atoms with Gasteiger partial charge in [0.2, 0.25) is 12.5 Å². The molecule has 2 aliphatic rings. The van der Waals surface area contributed by atoms with Crippen LogP contribution in [0.3, 0.4) is 0 Å². The van der Waals surface area contributed by atoms with Crippen LogP contribution in [0.5, 0.6) is 17.2 Å². The van der Waals surface area contributed by atoms with Gasteiger partial charge in [0.15, 0.2) is 11.5 Å². The number of benzene rings is 1. The average Bonchev–Trinajstić information content (AvgIpc) is 3.34. The fourth-order valence-electron chi connectivity index (χ4n) is 3.00. The molecule has 0 bridgehead atoms. The van der Waals surface area contributed by atoms with Gasteiger partial charge in [0.25, 0.3) is 5.91 Å². The zero-order valence-corrected chi connectivity index (χ0v) is 15.0. The number of hydrogen-bond acceptors (Lipinski definition) is 6. The Labute approximate surface area is 154 Å². The number of methoxy groups -OCH3 is 1. The molecule has 0 fully saturated rings. The SMILES string of the molecule is COc1cc(C(=O)NC2=CC(c3cccs3)CC=C2N)cc2c1OCO2. The van der Waals surface area contributed by atoms with Crippen LogP contribution in [0.25, 0.3) is 0 Å². The molecular formula is C19H18N2O4S. The van der Waals surface area contributed by atoms with Crippen LogP contribution in [-0.2, 0) is 0 Å². The third kappa shape index (κ3) is 3.01. The van der Waals surface area contributed by atoms with Crippen LogP contribution >= 0.6 is 11.3 Å². The molecule has 134 valence electrons. The van der Waals surface area contributed by atoms with E-state index in [2.05, 4.69) is 11.4 Å². The first-order valence-corrected chi connectivity index (χ1v) is 9.04. The Morgan fingerprint density at radius 3 is 3.04 bits per heavy atom. The lowest BCUT2D eigenvalue weighted by atomic mass is 9.95. The van der Waals surface area contributed by atoms with Crippen molar-refractivity contribution in [2.45, 2.75) is 12.3 Å². The van der Waals surface area contributed by atoms with Crippen molar-refractivity contribution in [3.63, 3.8) is 0 Å². The van der Waals surface area contributed by atoms with Gasteiger partial charge in [0, 0.05) is 16.4 Å². The molecule has 0 radical (unpaired) electrons. The molecular weight excluding hydrogens is 352 g/mol. The van der Waals surface area contributed by atoms with Crippen LogP contribution in [-0.4, -0.2) is 19.8 Å². The summed E-state index contributed by atoms with van der Waals surface area (Å²) in [6.07, 6.45) is 4.77. The Morgan fingerprint density at radius 2 is 2.27 bits per heavy atom. The molecule has 2 heterocycles. The maximum absolute atomic E-state index is 12.7. The van der Waals surface area contributed by atoms with E-state index in [0.717, 1.165) is 6.42 Å². The Kier molecular flexibility index (Phi) is 4.30. The molecule has 1 aliphatic carbocycles. The molecule has 1 aromatic heterocycles. The third-order valence-corrected chi connectivity index (χ3v) is 5.35. The van der Waals surface area contributed by atoms with E-state index in [4.69, 9.17) is 19.9 Å². The lowest BCUT2D eigenvalue weighted by molar-refractivity contribution is 0.0965. The molecule has 3 N–H and O–H groups in total.